The average Bonchev–Trinajstić information content (AvgIpc) is 1.59. The van der Waals surface area contributed by atoms with Gasteiger partial charge >= 0.3 is 0 Å². The van der Waals surface area contributed by atoms with Gasteiger partial charge in [0.2, 0.25) is 0 Å². The lowest BCUT2D eigenvalue weighted by molar-refractivity contribution is 0.193. The van der Waals surface area contributed by atoms with Crippen LogP contribution in [-0.4, -0.2) is 14.0 Å². The summed E-state index contributed by atoms with van der Waals surface area (Å²) in [4.78, 5) is 0. The van der Waals surface area contributed by atoms with Crippen LogP contribution in [0, 0.1) is 5.41 Å². The molecule has 0 aliphatic heterocycles. The highest BCUT2D eigenvalue weighted by Gasteiger charge is 2.39. The highest BCUT2D eigenvalue weighted by Crippen LogP contribution is 2.42. The van der Waals surface area contributed by atoms with Gasteiger partial charge < -0.3 is 4.55 Å². The van der Waals surface area contributed by atoms with Gasteiger partial charge in [0, 0.05) is 0 Å². The number of hydrogen-bond donors (Lipinski definition) is 1. The second-order valence-corrected chi connectivity index (χ2v) is 4.69. The van der Waals surface area contributed by atoms with Crippen LogP contribution in [0.1, 0.15) is 26.7 Å². The highest BCUT2D eigenvalue weighted by atomic mass is 32.2. The van der Waals surface area contributed by atoms with E-state index in [0.717, 1.165) is 12.8 Å². The Balaban J connectivity index is 2.35. The smallest absolute Gasteiger partial charge is 0.156 e. The standard InChI is InChI=1S/C6H12O2S/c1-6(2)3-5(4-6)9(7)8/h5H,3-4H2,1-2H3,(H,7,8). The highest BCUT2D eigenvalue weighted by molar-refractivity contribution is 7.79. The lowest BCUT2D eigenvalue weighted by Crippen LogP contribution is -2.38. The topological polar surface area (TPSA) is 37.3 Å². The molecule has 3 heteroatoms. The molecule has 1 rings (SSSR count). The molecule has 0 aromatic rings. The first-order valence-electron chi connectivity index (χ1n) is 3.11. The molecule has 54 valence electrons. The number of rotatable bonds is 1. The van der Waals surface area contributed by atoms with Crippen LogP contribution in [0.5, 0.6) is 0 Å². The molecule has 1 fully saturated rings. The van der Waals surface area contributed by atoms with Gasteiger partial charge in [0.25, 0.3) is 0 Å². The van der Waals surface area contributed by atoms with E-state index in [1.165, 1.54) is 0 Å². The zero-order valence-electron chi connectivity index (χ0n) is 5.76. The van der Waals surface area contributed by atoms with E-state index in [1.807, 2.05) is 0 Å². The molecule has 1 N–H and O–H groups in total. The minimum Gasteiger partial charge on any atom is -0.306 e. The second-order valence-electron chi connectivity index (χ2n) is 3.47. The van der Waals surface area contributed by atoms with Crippen LogP contribution in [0.25, 0.3) is 0 Å². The Bertz CT molecular complexity index is 134. The van der Waals surface area contributed by atoms with Gasteiger partial charge in [0.05, 0.1) is 5.25 Å². The third-order valence-corrected chi connectivity index (χ3v) is 2.75. The molecule has 0 bridgehead atoms. The van der Waals surface area contributed by atoms with E-state index in [-0.39, 0.29) is 5.25 Å². The first-order chi connectivity index (χ1) is 4.01. The molecule has 0 aromatic carbocycles. The maximum absolute atomic E-state index is 10.4. The lowest BCUT2D eigenvalue weighted by Gasteiger charge is -2.40. The van der Waals surface area contributed by atoms with Crippen molar-refractivity contribution in [3.63, 3.8) is 0 Å². The van der Waals surface area contributed by atoms with E-state index in [4.69, 9.17) is 4.55 Å². The van der Waals surface area contributed by atoms with E-state index in [1.54, 1.807) is 0 Å². The summed E-state index contributed by atoms with van der Waals surface area (Å²) in [5.74, 6) is 0. The zero-order chi connectivity index (χ0) is 7.07. The Morgan fingerprint density at radius 3 is 2.11 bits per heavy atom. The number of hydrogen-bond acceptors (Lipinski definition) is 1. The van der Waals surface area contributed by atoms with E-state index < -0.39 is 11.1 Å². The summed E-state index contributed by atoms with van der Waals surface area (Å²) in [6.07, 6.45) is 1.80. The molecule has 0 heterocycles. The van der Waals surface area contributed by atoms with Crippen molar-refractivity contribution < 1.29 is 8.76 Å². The fourth-order valence-electron chi connectivity index (χ4n) is 1.32. The van der Waals surface area contributed by atoms with Crippen molar-refractivity contribution in [2.75, 3.05) is 0 Å². The Kier molecular flexibility index (Phi) is 1.65. The summed E-state index contributed by atoms with van der Waals surface area (Å²) >= 11 is -1.57. The van der Waals surface area contributed by atoms with Crippen LogP contribution in [0.15, 0.2) is 0 Å². The van der Waals surface area contributed by atoms with Crippen LogP contribution in [0.4, 0.5) is 0 Å². The molecule has 1 aliphatic carbocycles. The molecular formula is C6H12O2S. The predicted octanol–water partition coefficient (Wildman–Crippen LogP) is 1.40. The molecule has 1 unspecified atom stereocenters. The molecule has 0 saturated heterocycles. The Morgan fingerprint density at radius 2 is 2.00 bits per heavy atom. The largest absolute Gasteiger partial charge is 0.306 e. The molecule has 9 heavy (non-hydrogen) atoms. The third-order valence-electron chi connectivity index (χ3n) is 1.85. The van der Waals surface area contributed by atoms with Crippen molar-refractivity contribution >= 4 is 11.1 Å². The summed E-state index contributed by atoms with van der Waals surface area (Å²) in [6, 6.07) is 0. The summed E-state index contributed by atoms with van der Waals surface area (Å²) in [5.41, 5.74) is 0.322. The minimum absolute atomic E-state index is 0.0556. The van der Waals surface area contributed by atoms with Gasteiger partial charge in [-0.2, -0.15) is 0 Å². The quantitative estimate of drug-likeness (QED) is 0.571. The average molecular weight is 148 g/mol. The maximum atomic E-state index is 10.4. The van der Waals surface area contributed by atoms with Gasteiger partial charge in [0.1, 0.15) is 0 Å². The van der Waals surface area contributed by atoms with Crippen LogP contribution >= 0.6 is 0 Å². The summed E-state index contributed by atoms with van der Waals surface area (Å²) in [6.45, 7) is 4.24. The van der Waals surface area contributed by atoms with Crippen LogP contribution < -0.4 is 0 Å². The SMILES string of the molecule is CC1(C)CC(S(=O)O)C1. The monoisotopic (exact) mass is 148 g/mol. The maximum Gasteiger partial charge on any atom is 0.156 e. The van der Waals surface area contributed by atoms with Gasteiger partial charge in [-0.25, -0.2) is 4.21 Å². The van der Waals surface area contributed by atoms with Crippen molar-refractivity contribution in [2.45, 2.75) is 31.9 Å². The first-order valence-corrected chi connectivity index (χ1v) is 4.28. The van der Waals surface area contributed by atoms with Crippen molar-refractivity contribution in [2.24, 2.45) is 5.41 Å². The molecule has 0 amide bonds. The molecule has 1 atom stereocenters. The molecule has 2 nitrogen and oxygen atoms in total. The van der Waals surface area contributed by atoms with Gasteiger partial charge in [-0.1, -0.05) is 13.8 Å². The van der Waals surface area contributed by atoms with Gasteiger partial charge in [0.15, 0.2) is 11.1 Å². The van der Waals surface area contributed by atoms with Crippen molar-refractivity contribution in [1.29, 1.82) is 0 Å². The Hall–Kier alpha value is 0.110. The molecule has 0 radical (unpaired) electrons. The normalized spacial score (nSPS) is 29.2. The van der Waals surface area contributed by atoms with Crippen molar-refractivity contribution in [3.05, 3.63) is 0 Å². The van der Waals surface area contributed by atoms with E-state index >= 15 is 0 Å². The minimum atomic E-state index is -1.57. The fourth-order valence-corrected chi connectivity index (χ4v) is 2.50. The van der Waals surface area contributed by atoms with Crippen LogP contribution in [0.2, 0.25) is 0 Å². The van der Waals surface area contributed by atoms with Crippen molar-refractivity contribution in [1.82, 2.24) is 0 Å². The van der Waals surface area contributed by atoms with E-state index in [9.17, 15) is 4.21 Å². The zero-order valence-corrected chi connectivity index (χ0v) is 6.57. The fraction of sp³-hybridized carbons (Fsp3) is 1.00. The molecule has 0 spiro atoms. The molecule has 1 aliphatic rings. The second kappa shape index (κ2) is 2.06. The van der Waals surface area contributed by atoms with Crippen LogP contribution in [-0.2, 0) is 11.1 Å². The Labute approximate surface area is 57.9 Å². The summed E-state index contributed by atoms with van der Waals surface area (Å²) < 4.78 is 19.0. The third kappa shape index (κ3) is 1.52. The molecular weight excluding hydrogens is 136 g/mol. The summed E-state index contributed by atoms with van der Waals surface area (Å²) in [5, 5.41) is 0.0556. The Morgan fingerprint density at radius 1 is 1.56 bits per heavy atom. The summed E-state index contributed by atoms with van der Waals surface area (Å²) in [7, 11) is 0. The lowest BCUT2D eigenvalue weighted by atomic mass is 9.72. The first kappa shape index (κ1) is 7.22. The van der Waals surface area contributed by atoms with Gasteiger partial charge in [-0.15, -0.1) is 0 Å². The van der Waals surface area contributed by atoms with Crippen LogP contribution in [0.3, 0.4) is 0 Å². The van der Waals surface area contributed by atoms with Gasteiger partial charge in [-0.3, -0.25) is 0 Å². The molecule has 0 aromatic heterocycles. The predicted molar refractivity (Wildman–Crippen MR) is 37.6 cm³/mol. The van der Waals surface area contributed by atoms with Gasteiger partial charge in [-0.05, 0) is 18.3 Å². The van der Waals surface area contributed by atoms with Crippen molar-refractivity contribution in [3.8, 4) is 0 Å². The van der Waals surface area contributed by atoms with E-state index in [2.05, 4.69) is 13.8 Å². The van der Waals surface area contributed by atoms with E-state index in [0.29, 0.717) is 5.41 Å². The molecule has 1 saturated carbocycles.